The van der Waals surface area contributed by atoms with Gasteiger partial charge in [0.05, 0.1) is 5.41 Å². The summed E-state index contributed by atoms with van der Waals surface area (Å²) in [6.07, 6.45) is 3.38. The first kappa shape index (κ1) is 14.3. The Bertz CT molecular complexity index is 739. The van der Waals surface area contributed by atoms with Crippen LogP contribution in [0.5, 0.6) is 0 Å². The minimum absolute atomic E-state index is 0.0446. The normalized spacial score (nSPS) is 15.1. The highest BCUT2D eigenvalue weighted by atomic mass is 16.2. The van der Waals surface area contributed by atoms with Crippen LogP contribution < -0.4 is 10.6 Å². The average Bonchev–Trinajstić information content (AvgIpc) is 2.75. The van der Waals surface area contributed by atoms with Gasteiger partial charge in [-0.25, -0.2) is 0 Å². The number of amides is 2. The van der Waals surface area contributed by atoms with Crippen LogP contribution in [0.2, 0.25) is 0 Å². The predicted octanol–water partition coefficient (Wildman–Crippen LogP) is 2.24. The number of carbonyl (C=O) groups excluding carboxylic acids is 2. The molecule has 0 saturated heterocycles. The van der Waals surface area contributed by atoms with Crippen LogP contribution in [0.1, 0.15) is 35.3 Å². The predicted molar refractivity (Wildman–Crippen MR) is 83.5 cm³/mol. The number of aromatic nitrogens is 1. The number of pyridine rings is 1. The quantitative estimate of drug-likeness (QED) is 0.912. The molecular weight excluding hydrogens is 278 g/mol. The maximum Gasteiger partial charge on any atom is 0.251 e. The van der Waals surface area contributed by atoms with Crippen molar-refractivity contribution in [1.29, 1.82) is 0 Å². The Morgan fingerprint density at radius 3 is 2.68 bits per heavy atom. The summed E-state index contributed by atoms with van der Waals surface area (Å²) in [5, 5.41) is 5.71. The van der Waals surface area contributed by atoms with Gasteiger partial charge in [0.1, 0.15) is 0 Å². The Kier molecular flexibility index (Phi) is 3.41. The standard InChI is InChI=1S/C17H17N3O2/c1-17(2)13-9-12(3-4-14(13)20-16(17)22)15(21)19-10-11-5-7-18-8-6-11/h3-9H,10H2,1-2H3,(H,19,21)(H,20,22). The van der Waals surface area contributed by atoms with E-state index in [0.29, 0.717) is 12.1 Å². The first-order valence-electron chi connectivity index (χ1n) is 7.11. The number of anilines is 1. The molecule has 1 aliphatic heterocycles. The molecule has 0 unspecified atom stereocenters. The van der Waals surface area contributed by atoms with E-state index in [1.807, 2.05) is 26.0 Å². The first-order chi connectivity index (χ1) is 10.5. The largest absolute Gasteiger partial charge is 0.348 e. The Hall–Kier alpha value is -2.69. The molecule has 0 fully saturated rings. The molecule has 0 bridgehead atoms. The number of nitrogens with one attached hydrogen (secondary N) is 2. The van der Waals surface area contributed by atoms with Crippen molar-refractivity contribution < 1.29 is 9.59 Å². The van der Waals surface area contributed by atoms with E-state index in [-0.39, 0.29) is 11.8 Å². The molecule has 1 aliphatic rings. The van der Waals surface area contributed by atoms with Crippen LogP contribution >= 0.6 is 0 Å². The molecular formula is C17H17N3O2. The third-order valence-corrected chi connectivity index (χ3v) is 3.97. The molecule has 2 amide bonds. The third kappa shape index (κ3) is 2.45. The second-order valence-electron chi connectivity index (χ2n) is 5.88. The number of rotatable bonds is 3. The molecule has 5 heteroatoms. The minimum Gasteiger partial charge on any atom is -0.348 e. The topological polar surface area (TPSA) is 71.1 Å². The fourth-order valence-corrected chi connectivity index (χ4v) is 2.50. The molecule has 0 saturated carbocycles. The van der Waals surface area contributed by atoms with E-state index in [2.05, 4.69) is 15.6 Å². The van der Waals surface area contributed by atoms with E-state index in [1.54, 1.807) is 30.6 Å². The van der Waals surface area contributed by atoms with Crippen molar-refractivity contribution >= 4 is 17.5 Å². The summed E-state index contributed by atoms with van der Waals surface area (Å²) in [5.41, 5.74) is 2.56. The molecule has 2 heterocycles. The van der Waals surface area contributed by atoms with E-state index in [1.165, 1.54) is 0 Å². The van der Waals surface area contributed by atoms with E-state index in [4.69, 9.17) is 0 Å². The van der Waals surface area contributed by atoms with Crippen molar-refractivity contribution in [3.8, 4) is 0 Å². The van der Waals surface area contributed by atoms with Crippen LogP contribution in [0.25, 0.3) is 0 Å². The lowest BCUT2D eigenvalue weighted by atomic mass is 9.85. The molecule has 22 heavy (non-hydrogen) atoms. The number of carbonyl (C=O) groups is 2. The van der Waals surface area contributed by atoms with Crippen LogP contribution in [-0.4, -0.2) is 16.8 Å². The fourth-order valence-electron chi connectivity index (χ4n) is 2.50. The molecule has 0 radical (unpaired) electrons. The second-order valence-corrected chi connectivity index (χ2v) is 5.88. The number of fused-ring (bicyclic) bond motifs is 1. The van der Waals surface area contributed by atoms with Crippen LogP contribution in [0.3, 0.4) is 0 Å². The lowest BCUT2D eigenvalue weighted by Gasteiger charge is -2.15. The van der Waals surface area contributed by atoms with Gasteiger partial charge < -0.3 is 10.6 Å². The summed E-state index contributed by atoms with van der Waals surface area (Å²) in [5.74, 6) is -0.202. The molecule has 112 valence electrons. The Balaban J connectivity index is 1.78. The number of benzene rings is 1. The molecule has 0 atom stereocenters. The van der Waals surface area contributed by atoms with Crippen molar-refractivity contribution in [2.24, 2.45) is 0 Å². The Morgan fingerprint density at radius 2 is 1.95 bits per heavy atom. The highest BCUT2D eigenvalue weighted by molar-refractivity contribution is 6.07. The van der Waals surface area contributed by atoms with Crippen molar-refractivity contribution in [2.45, 2.75) is 25.8 Å². The van der Waals surface area contributed by atoms with Crippen molar-refractivity contribution in [3.63, 3.8) is 0 Å². The smallest absolute Gasteiger partial charge is 0.251 e. The zero-order valence-corrected chi connectivity index (χ0v) is 12.5. The van der Waals surface area contributed by atoms with Gasteiger partial charge in [0.2, 0.25) is 5.91 Å². The summed E-state index contributed by atoms with van der Waals surface area (Å²) in [6.45, 7) is 4.15. The Labute approximate surface area is 128 Å². The Morgan fingerprint density at radius 1 is 1.23 bits per heavy atom. The SMILES string of the molecule is CC1(C)C(=O)Nc2ccc(C(=O)NCc3ccncc3)cc21. The van der Waals surface area contributed by atoms with Gasteiger partial charge in [-0.3, -0.25) is 14.6 Å². The van der Waals surface area contributed by atoms with E-state index in [9.17, 15) is 9.59 Å². The number of hydrogen-bond donors (Lipinski definition) is 2. The van der Waals surface area contributed by atoms with Crippen molar-refractivity contribution in [1.82, 2.24) is 10.3 Å². The van der Waals surface area contributed by atoms with Crippen molar-refractivity contribution in [2.75, 3.05) is 5.32 Å². The molecule has 3 rings (SSSR count). The zero-order valence-electron chi connectivity index (χ0n) is 12.5. The average molecular weight is 295 g/mol. The van der Waals surface area contributed by atoms with Gasteiger partial charge in [-0.1, -0.05) is 0 Å². The number of nitrogens with zero attached hydrogens (tertiary/aromatic N) is 1. The summed E-state index contributed by atoms with van der Waals surface area (Å²) < 4.78 is 0. The van der Waals surface area contributed by atoms with Gasteiger partial charge in [-0.15, -0.1) is 0 Å². The van der Waals surface area contributed by atoms with Gasteiger partial charge in [0, 0.05) is 30.2 Å². The van der Waals surface area contributed by atoms with Gasteiger partial charge in [-0.2, -0.15) is 0 Å². The van der Waals surface area contributed by atoms with Crippen LogP contribution in [0.4, 0.5) is 5.69 Å². The fraction of sp³-hybridized carbons (Fsp3) is 0.235. The lowest BCUT2D eigenvalue weighted by molar-refractivity contribution is -0.119. The highest BCUT2D eigenvalue weighted by Gasteiger charge is 2.38. The van der Waals surface area contributed by atoms with E-state index >= 15 is 0 Å². The summed E-state index contributed by atoms with van der Waals surface area (Å²) in [7, 11) is 0. The molecule has 5 nitrogen and oxygen atoms in total. The molecule has 2 aromatic rings. The maximum atomic E-state index is 12.3. The summed E-state index contributed by atoms with van der Waals surface area (Å²) in [4.78, 5) is 28.1. The second kappa shape index (κ2) is 5.26. The van der Waals surface area contributed by atoms with Gasteiger partial charge in [0.25, 0.3) is 5.91 Å². The zero-order chi connectivity index (χ0) is 15.7. The third-order valence-electron chi connectivity index (χ3n) is 3.97. The molecule has 1 aromatic carbocycles. The molecule has 2 N–H and O–H groups in total. The van der Waals surface area contributed by atoms with Crippen LogP contribution in [0, 0.1) is 0 Å². The minimum atomic E-state index is -0.614. The maximum absolute atomic E-state index is 12.3. The monoisotopic (exact) mass is 295 g/mol. The van der Waals surface area contributed by atoms with Crippen molar-refractivity contribution in [3.05, 3.63) is 59.4 Å². The van der Waals surface area contributed by atoms with Gasteiger partial charge in [0.15, 0.2) is 0 Å². The van der Waals surface area contributed by atoms with Gasteiger partial charge in [-0.05, 0) is 55.3 Å². The lowest BCUT2D eigenvalue weighted by Crippen LogP contribution is -2.27. The molecule has 0 spiro atoms. The number of hydrogen-bond acceptors (Lipinski definition) is 3. The van der Waals surface area contributed by atoms with Crippen LogP contribution in [0.15, 0.2) is 42.7 Å². The highest BCUT2D eigenvalue weighted by Crippen LogP contribution is 2.37. The first-order valence-corrected chi connectivity index (χ1v) is 7.11. The summed E-state index contributed by atoms with van der Waals surface area (Å²) >= 11 is 0. The van der Waals surface area contributed by atoms with E-state index in [0.717, 1.165) is 16.8 Å². The molecule has 1 aromatic heterocycles. The van der Waals surface area contributed by atoms with Crippen LogP contribution in [-0.2, 0) is 16.8 Å². The van der Waals surface area contributed by atoms with Gasteiger partial charge >= 0.3 is 0 Å². The molecule has 0 aliphatic carbocycles. The summed E-state index contributed by atoms with van der Waals surface area (Å²) in [6, 6.07) is 9.00. The van der Waals surface area contributed by atoms with E-state index < -0.39 is 5.41 Å².